The van der Waals surface area contributed by atoms with Crippen molar-refractivity contribution in [1.82, 2.24) is 0 Å². The van der Waals surface area contributed by atoms with Crippen LogP contribution in [0.2, 0.25) is 0 Å². The third-order valence-corrected chi connectivity index (χ3v) is 3.97. The molecule has 116 valence electrons. The SMILES string of the molecule is CC1(C)OB(Cc2c(F)c(F)c(F)c(F)c2F)OC1(C)C. The fourth-order valence-corrected chi connectivity index (χ4v) is 2.04. The molecule has 0 bridgehead atoms. The highest BCUT2D eigenvalue weighted by Crippen LogP contribution is 2.38. The van der Waals surface area contributed by atoms with E-state index in [4.69, 9.17) is 9.31 Å². The molecule has 8 heteroatoms. The van der Waals surface area contributed by atoms with Gasteiger partial charge in [-0.15, -0.1) is 0 Å². The second-order valence-corrected chi connectivity index (χ2v) is 5.94. The van der Waals surface area contributed by atoms with Gasteiger partial charge < -0.3 is 9.31 Å². The Morgan fingerprint density at radius 1 is 0.714 bits per heavy atom. The van der Waals surface area contributed by atoms with Gasteiger partial charge in [0.05, 0.1) is 11.2 Å². The summed E-state index contributed by atoms with van der Waals surface area (Å²) < 4.78 is 77.4. The number of hydrogen-bond donors (Lipinski definition) is 0. The van der Waals surface area contributed by atoms with Gasteiger partial charge in [0.25, 0.3) is 0 Å². The Bertz CT molecular complexity index is 543. The van der Waals surface area contributed by atoms with Gasteiger partial charge in [0.2, 0.25) is 5.82 Å². The number of benzene rings is 1. The zero-order valence-corrected chi connectivity index (χ0v) is 12.0. The summed E-state index contributed by atoms with van der Waals surface area (Å²) in [5.41, 5.74) is -2.46. The molecule has 0 unspecified atom stereocenters. The second-order valence-electron chi connectivity index (χ2n) is 5.94. The van der Waals surface area contributed by atoms with Crippen molar-refractivity contribution in [1.29, 1.82) is 0 Å². The molecule has 0 atom stereocenters. The summed E-state index contributed by atoms with van der Waals surface area (Å²) in [6, 6.07) is 0. The van der Waals surface area contributed by atoms with Crippen molar-refractivity contribution in [2.45, 2.75) is 45.2 Å². The van der Waals surface area contributed by atoms with Crippen molar-refractivity contribution in [3.63, 3.8) is 0 Å². The van der Waals surface area contributed by atoms with Crippen molar-refractivity contribution < 1.29 is 31.3 Å². The Labute approximate surface area is 119 Å². The molecule has 1 fully saturated rings. The summed E-state index contributed by atoms with van der Waals surface area (Å²) >= 11 is 0. The summed E-state index contributed by atoms with van der Waals surface area (Å²) in [5, 5.41) is 0. The molecule has 0 saturated carbocycles. The first-order chi connectivity index (χ1) is 9.48. The third-order valence-electron chi connectivity index (χ3n) is 3.97. The Balaban J connectivity index is 2.35. The molecular formula is C13H14BF5O2. The highest BCUT2D eigenvalue weighted by Gasteiger charge is 2.51. The van der Waals surface area contributed by atoms with Crippen LogP contribution in [0.1, 0.15) is 33.3 Å². The van der Waals surface area contributed by atoms with Gasteiger partial charge in [-0.3, -0.25) is 0 Å². The van der Waals surface area contributed by atoms with E-state index in [0.717, 1.165) is 0 Å². The zero-order valence-electron chi connectivity index (χ0n) is 12.0. The summed E-state index contributed by atoms with van der Waals surface area (Å²) in [6.07, 6.45) is -0.571. The van der Waals surface area contributed by atoms with Crippen molar-refractivity contribution in [2.24, 2.45) is 0 Å². The van der Waals surface area contributed by atoms with Gasteiger partial charge in [-0.25, -0.2) is 22.0 Å². The van der Waals surface area contributed by atoms with Crippen LogP contribution in [0, 0.1) is 29.1 Å². The van der Waals surface area contributed by atoms with Crippen LogP contribution in [0.25, 0.3) is 0 Å². The summed E-state index contributed by atoms with van der Waals surface area (Å²) in [5.74, 6) is -9.84. The minimum absolute atomic E-state index is 0.571. The van der Waals surface area contributed by atoms with Crippen molar-refractivity contribution in [3.05, 3.63) is 34.6 Å². The van der Waals surface area contributed by atoms with E-state index in [2.05, 4.69) is 0 Å². The van der Waals surface area contributed by atoms with Crippen LogP contribution in [0.3, 0.4) is 0 Å². The maximum atomic E-state index is 13.6. The van der Waals surface area contributed by atoms with E-state index in [9.17, 15) is 22.0 Å². The molecule has 1 aliphatic rings. The maximum Gasteiger partial charge on any atom is 0.462 e. The van der Waals surface area contributed by atoms with Gasteiger partial charge in [0.1, 0.15) is 0 Å². The Hall–Kier alpha value is -1.15. The van der Waals surface area contributed by atoms with E-state index in [1.807, 2.05) is 0 Å². The Morgan fingerprint density at radius 3 is 1.43 bits per heavy atom. The lowest BCUT2D eigenvalue weighted by Crippen LogP contribution is -2.41. The van der Waals surface area contributed by atoms with Crippen LogP contribution in [-0.2, 0) is 15.6 Å². The third kappa shape index (κ3) is 2.55. The van der Waals surface area contributed by atoms with Crippen LogP contribution in [-0.4, -0.2) is 18.3 Å². The molecule has 0 amide bonds. The quantitative estimate of drug-likeness (QED) is 0.360. The predicted octanol–water partition coefficient (Wildman–Crippen LogP) is 3.56. The molecule has 2 rings (SSSR count). The fourth-order valence-electron chi connectivity index (χ4n) is 2.04. The van der Waals surface area contributed by atoms with Crippen LogP contribution in [0.15, 0.2) is 0 Å². The van der Waals surface area contributed by atoms with Gasteiger partial charge in [0.15, 0.2) is 23.3 Å². The highest BCUT2D eigenvalue weighted by molar-refractivity contribution is 6.45. The van der Waals surface area contributed by atoms with Crippen LogP contribution in [0.5, 0.6) is 0 Å². The summed E-state index contributed by atoms with van der Waals surface area (Å²) in [4.78, 5) is 0. The first-order valence-electron chi connectivity index (χ1n) is 6.34. The van der Waals surface area contributed by atoms with E-state index < -0.39 is 59.3 Å². The first-order valence-corrected chi connectivity index (χ1v) is 6.34. The van der Waals surface area contributed by atoms with Crippen molar-refractivity contribution >= 4 is 7.12 Å². The molecule has 1 aliphatic heterocycles. The average molecular weight is 308 g/mol. The van der Waals surface area contributed by atoms with Crippen LogP contribution >= 0.6 is 0 Å². The van der Waals surface area contributed by atoms with Gasteiger partial charge in [-0.05, 0) is 27.7 Å². The van der Waals surface area contributed by atoms with Gasteiger partial charge >= 0.3 is 7.12 Å². The maximum absolute atomic E-state index is 13.6. The number of halogens is 5. The molecule has 21 heavy (non-hydrogen) atoms. The lowest BCUT2D eigenvalue weighted by Gasteiger charge is -2.32. The monoisotopic (exact) mass is 308 g/mol. The highest BCUT2D eigenvalue weighted by atomic mass is 19.2. The smallest absolute Gasteiger partial charge is 0.403 e. The molecule has 1 saturated heterocycles. The van der Waals surface area contributed by atoms with Crippen molar-refractivity contribution in [2.75, 3.05) is 0 Å². The predicted molar refractivity (Wildman–Crippen MR) is 66.0 cm³/mol. The molecule has 0 aromatic heterocycles. The second kappa shape index (κ2) is 4.95. The molecule has 0 N–H and O–H groups in total. The minimum Gasteiger partial charge on any atom is -0.403 e. The molecule has 1 aromatic carbocycles. The van der Waals surface area contributed by atoms with Crippen LogP contribution < -0.4 is 0 Å². The Morgan fingerprint density at radius 2 is 1.05 bits per heavy atom. The zero-order chi connectivity index (χ0) is 16.2. The van der Waals surface area contributed by atoms with E-state index >= 15 is 0 Å². The van der Waals surface area contributed by atoms with E-state index in [0.29, 0.717) is 0 Å². The molecule has 0 aliphatic carbocycles. The molecular weight excluding hydrogens is 294 g/mol. The average Bonchev–Trinajstić information content (AvgIpc) is 2.58. The molecule has 2 nitrogen and oxygen atoms in total. The fraction of sp³-hybridized carbons (Fsp3) is 0.538. The van der Waals surface area contributed by atoms with Gasteiger partial charge in [-0.1, -0.05) is 0 Å². The largest absolute Gasteiger partial charge is 0.462 e. The van der Waals surface area contributed by atoms with Gasteiger partial charge in [0, 0.05) is 11.9 Å². The standard InChI is InChI=1S/C13H14BF5O2/c1-12(2)13(3,4)21-14(20-12)5-6-7(15)9(17)11(19)10(18)8(6)16/h5H2,1-4H3. The summed E-state index contributed by atoms with van der Waals surface area (Å²) in [6.45, 7) is 6.86. The molecule has 1 aromatic rings. The Kier molecular flexibility index (Phi) is 3.82. The summed E-state index contributed by atoms with van der Waals surface area (Å²) in [7, 11) is -1.09. The van der Waals surface area contributed by atoms with E-state index in [1.165, 1.54) is 0 Å². The lowest BCUT2D eigenvalue weighted by molar-refractivity contribution is 0.00578. The number of hydrogen-bond acceptors (Lipinski definition) is 2. The van der Waals surface area contributed by atoms with Gasteiger partial charge in [-0.2, -0.15) is 0 Å². The number of rotatable bonds is 2. The topological polar surface area (TPSA) is 18.5 Å². The van der Waals surface area contributed by atoms with E-state index in [-0.39, 0.29) is 0 Å². The molecule has 0 radical (unpaired) electrons. The van der Waals surface area contributed by atoms with Crippen molar-refractivity contribution in [3.8, 4) is 0 Å². The normalized spacial score (nSPS) is 20.1. The first kappa shape index (κ1) is 16.2. The van der Waals surface area contributed by atoms with E-state index in [1.54, 1.807) is 27.7 Å². The minimum atomic E-state index is -2.18. The lowest BCUT2D eigenvalue weighted by atomic mass is 9.80. The molecule has 0 spiro atoms. The molecule has 1 heterocycles. The van der Waals surface area contributed by atoms with Crippen LogP contribution in [0.4, 0.5) is 22.0 Å².